The molecule has 0 spiro atoms. The Morgan fingerprint density at radius 1 is 1.62 bits per heavy atom. The first kappa shape index (κ1) is 11.6. The molecule has 1 saturated heterocycles. The number of nitrogens with two attached hydrogens (primary N) is 1. The Balaban J connectivity index is 1.90. The van der Waals surface area contributed by atoms with Crippen molar-refractivity contribution in [3.05, 3.63) is 17.8 Å². The number of aromatic nitrogens is 1. The minimum atomic E-state index is 0.354. The van der Waals surface area contributed by atoms with Crippen molar-refractivity contribution < 1.29 is 4.42 Å². The van der Waals surface area contributed by atoms with Gasteiger partial charge in [-0.1, -0.05) is 13.8 Å². The largest absolute Gasteiger partial charge is 0.444 e. The van der Waals surface area contributed by atoms with E-state index >= 15 is 0 Å². The number of hydrogen-bond donors (Lipinski definition) is 1. The Morgan fingerprint density at radius 3 is 3.06 bits per heavy atom. The van der Waals surface area contributed by atoms with Crippen LogP contribution in [0.3, 0.4) is 0 Å². The summed E-state index contributed by atoms with van der Waals surface area (Å²) < 4.78 is 5.61. The predicted octanol–water partition coefficient (Wildman–Crippen LogP) is 1.41. The molecule has 4 heteroatoms. The molecule has 2 unspecified atom stereocenters. The van der Waals surface area contributed by atoms with Gasteiger partial charge in [-0.15, -0.1) is 0 Å². The second-order valence-electron chi connectivity index (χ2n) is 4.74. The molecular weight excluding hydrogens is 202 g/mol. The van der Waals surface area contributed by atoms with Crippen molar-refractivity contribution in [2.45, 2.75) is 39.3 Å². The summed E-state index contributed by atoms with van der Waals surface area (Å²) in [6.07, 6.45) is 3.81. The van der Waals surface area contributed by atoms with Crippen LogP contribution in [0.4, 0.5) is 0 Å². The average Bonchev–Trinajstić information content (AvgIpc) is 2.71. The molecule has 2 heterocycles. The van der Waals surface area contributed by atoms with Gasteiger partial charge in [0.2, 0.25) is 5.89 Å². The number of piperidine rings is 1. The molecule has 2 N–H and O–H groups in total. The molecule has 1 aliphatic heterocycles. The Labute approximate surface area is 96.8 Å². The molecule has 1 aromatic heterocycles. The van der Waals surface area contributed by atoms with Gasteiger partial charge in [0, 0.05) is 25.6 Å². The van der Waals surface area contributed by atoms with Gasteiger partial charge in [0.25, 0.3) is 0 Å². The Hall–Kier alpha value is -0.870. The summed E-state index contributed by atoms with van der Waals surface area (Å²) in [4.78, 5) is 6.66. The lowest BCUT2D eigenvalue weighted by Crippen LogP contribution is -2.45. The zero-order chi connectivity index (χ0) is 11.5. The third-order valence-electron chi connectivity index (χ3n) is 3.36. The highest BCUT2D eigenvalue weighted by Gasteiger charge is 2.23. The smallest absolute Gasteiger partial charge is 0.208 e. The third kappa shape index (κ3) is 2.62. The molecule has 16 heavy (non-hydrogen) atoms. The van der Waals surface area contributed by atoms with E-state index in [1.807, 2.05) is 6.20 Å². The number of aryl methyl sites for hydroxylation is 1. The van der Waals surface area contributed by atoms with Crippen LogP contribution >= 0.6 is 0 Å². The summed E-state index contributed by atoms with van der Waals surface area (Å²) in [7, 11) is 0. The minimum absolute atomic E-state index is 0.354. The minimum Gasteiger partial charge on any atom is -0.444 e. The number of rotatable bonds is 3. The van der Waals surface area contributed by atoms with Crippen molar-refractivity contribution in [2.75, 3.05) is 13.1 Å². The Kier molecular flexibility index (Phi) is 3.61. The van der Waals surface area contributed by atoms with E-state index in [-0.39, 0.29) is 0 Å². The van der Waals surface area contributed by atoms with Crippen LogP contribution in [0, 0.1) is 5.92 Å². The first-order valence-corrected chi connectivity index (χ1v) is 6.10. The highest BCUT2D eigenvalue weighted by molar-refractivity contribution is 4.94. The number of likely N-dealkylation sites (tertiary alicyclic amines) is 1. The maximum atomic E-state index is 5.99. The first-order valence-electron chi connectivity index (χ1n) is 6.10. The maximum Gasteiger partial charge on any atom is 0.208 e. The molecule has 0 amide bonds. The predicted molar refractivity (Wildman–Crippen MR) is 62.9 cm³/mol. The second-order valence-corrected chi connectivity index (χ2v) is 4.74. The number of nitrogens with zero attached hydrogens (tertiary/aromatic N) is 2. The van der Waals surface area contributed by atoms with Crippen molar-refractivity contribution in [1.29, 1.82) is 0 Å². The van der Waals surface area contributed by atoms with E-state index in [1.165, 1.54) is 0 Å². The molecule has 0 saturated carbocycles. The van der Waals surface area contributed by atoms with Crippen molar-refractivity contribution in [3.8, 4) is 0 Å². The van der Waals surface area contributed by atoms with Gasteiger partial charge in [-0.2, -0.15) is 0 Å². The van der Waals surface area contributed by atoms with E-state index in [9.17, 15) is 0 Å². The van der Waals surface area contributed by atoms with E-state index in [0.29, 0.717) is 12.0 Å². The fourth-order valence-electron chi connectivity index (χ4n) is 2.17. The van der Waals surface area contributed by atoms with Crippen LogP contribution in [0.1, 0.15) is 31.9 Å². The standard InChI is InChI=1S/C12H21N3O/c1-3-10-6-14-12(16-10)8-15-5-4-11(13)9(2)7-15/h6,9,11H,3-5,7-8,13H2,1-2H3. The molecular formula is C12H21N3O. The molecule has 0 aromatic carbocycles. The van der Waals surface area contributed by atoms with E-state index in [4.69, 9.17) is 10.2 Å². The quantitative estimate of drug-likeness (QED) is 0.841. The van der Waals surface area contributed by atoms with E-state index in [1.54, 1.807) is 0 Å². The second kappa shape index (κ2) is 4.97. The molecule has 1 aliphatic rings. The summed E-state index contributed by atoms with van der Waals surface area (Å²) in [5.74, 6) is 2.37. The van der Waals surface area contributed by atoms with Gasteiger partial charge < -0.3 is 10.2 Å². The molecule has 0 bridgehead atoms. The molecule has 0 aliphatic carbocycles. The molecule has 1 aromatic rings. The van der Waals surface area contributed by atoms with Crippen molar-refractivity contribution in [1.82, 2.24) is 9.88 Å². The summed E-state index contributed by atoms with van der Waals surface area (Å²) in [6, 6.07) is 0.354. The number of hydrogen-bond acceptors (Lipinski definition) is 4. The average molecular weight is 223 g/mol. The van der Waals surface area contributed by atoms with Gasteiger partial charge in [0.05, 0.1) is 12.7 Å². The van der Waals surface area contributed by atoms with Crippen LogP contribution in [-0.2, 0) is 13.0 Å². The first-order chi connectivity index (χ1) is 7.69. The topological polar surface area (TPSA) is 55.3 Å². The molecule has 0 radical (unpaired) electrons. The van der Waals surface area contributed by atoms with Crippen LogP contribution in [0.25, 0.3) is 0 Å². The van der Waals surface area contributed by atoms with E-state index in [0.717, 1.165) is 44.1 Å². The van der Waals surface area contributed by atoms with Crippen molar-refractivity contribution in [2.24, 2.45) is 11.7 Å². The van der Waals surface area contributed by atoms with Crippen LogP contribution in [-0.4, -0.2) is 29.0 Å². The van der Waals surface area contributed by atoms with Crippen LogP contribution in [0.5, 0.6) is 0 Å². The van der Waals surface area contributed by atoms with Crippen LogP contribution < -0.4 is 5.73 Å². The lowest BCUT2D eigenvalue weighted by Gasteiger charge is -2.34. The fraction of sp³-hybridized carbons (Fsp3) is 0.750. The maximum absolute atomic E-state index is 5.99. The lowest BCUT2D eigenvalue weighted by atomic mass is 9.95. The van der Waals surface area contributed by atoms with Gasteiger partial charge >= 0.3 is 0 Å². The van der Waals surface area contributed by atoms with Gasteiger partial charge in [0.15, 0.2) is 0 Å². The SMILES string of the molecule is CCc1cnc(CN2CCC(N)C(C)C2)o1. The van der Waals surface area contributed by atoms with Crippen LogP contribution in [0.15, 0.2) is 10.6 Å². The summed E-state index contributed by atoms with van der Waals surface area (Å²) in [6.45, 7) is 7.20. The normalized spacial score (nSPS) is 27.2. The van der Waals surface area contributed by atoms with Gasteiger partial charge in [-0.3, -0.25) is 4.90 Å². The number of oxazole rings is 1. The molecule has 1 fully saturated rings. The van der Waals surface area contributed by atoms with E-state index < -0.39 is 0 Å². The highest BCUT2D eigenvalue weighted by atomic mass is 16.4. The van der Waals surface area contributed by atoms with E-state index in [2.05, 4.69) is 23.7 Å². The summed E-state index contributed by atoms with van der Waals surface area (Å²) in [5.41, 5.74) is 5.99. The highest BCUT2D eigenvalue weighted by Crippen LogP contribution is 2.17. The monoisotopic (exact) mass is 223 g/mol. The van der Waals surface area contributed by atoms with Crippen molar-refractivity contribution >= 4 is 0 Å². The van der Waals surface area contributed by atoms with Crippen LogP contribution in [0.2, 0.25) is 0 Å². The van der Waals surface area contributed by atoms with Crippen molar-refractivity contribution in [3.63, 3.8) is 0 Å². The molecule has 4 nitrogen and oxygen atoms in total. The summed E-state index contributed by atoms with van der Waals surface area (Å²) in [5, 5.41) is 0. The third-order valence-corrected chi connectivity index (χ3v) is 3.36. The lowest BCUT2D eigenvalue weighted by molar-refractivity contribution is 0.145. The van der Waals surface area contributed by atoms with Gasteiger partial charge in [-0.25, -0.2) is 4.98 Å². The zero-order valence-corrected chi connectivity index (χ0v) is 10.1. The molecule has 2 rings (SSSR count). The Morgan fingerprint density at radius 2 is 2.44 bits per heavy atom. The fourth-order valence-corrected chi connectivity index (χ4v) is 2.17. The molecule has 2 atom stereocenters. The summed E-state index contributed by atoms with van der Waals surface area (Å²) >= 11 is 0. The zero-order valence-electron chi connectivity index (χ0n) is 10.1. The Bertz CT molecular complexity index is 337. The van der Waals surface area contributed by atoms with Gasteiger partial charge in [0.1, 0.15) is 5.76 Å². The van der Waals surface area contributed by atoms with Gasteiger partial charge in [-0.05, 0) is 12.3 Å². The molecule has 90 valence electrons.